The first-order valence-electron chi connectivity index (χ1n) is 7.17. The highest BCUT2D eigenvalue weighted by atomic mass is 35.5. The number of aliphatic hydroxyl groups is 1. The second-order valence-electron chi connectivity index (χ2n) is 5.74. The highest BCUT2D eigenvalue weighted by molar-refractivity contribution is 6.31. The van der Waals surface area contributed by atoms with Gasteiger partial charge < -0.3 is 10.0 Å². The van der Waals surface area contributed by atoms with Gasteiger partial charge in [0.05, 0.1) is 0 Å². The minimum Gasteiger partial charge on any atom is -0.396 e. The first-order chi connectivity index (χ1) is 9.52. The van der Waals surface area contributed by atoms with Gasteiger partial charge in [-0.05, 0) is 56.2 Å². The van der Waals surface area contributed by atoms with Crippen molar-refractivity contribution in [3.8, 4) is 0 Å². The smallest absolute Gasteiger partial charge is 0.253 e. The molecule has 1 aromatic carbocycles. The van der Waals surface area contributed by atoms with Crippen molar-refractivity contribution in [1.82, 2.24) is 4.90 Å². The average Bonchev–Trinajstić information content (AvgIpc) is 2.48. The number of nitrogens with zero attached hydrogens (tertiary/aromatic N) is 1. The molecule has 1 fully saturated rings. The van der Waals surface area contributed by atoms with Crippen molar-refractivity contribution in [3.05, 3.63) is 34.3 Å². The first kappa shape index (κ1) is 15.3. The molecule has 110 valence electrons. The van der Waals surface area contributed by atoms with E-state index in [1.807, 2.05) is 31.0 Å². The number of hydrogen-bond acceptors (Lipinski definition) is 2. The molecule has 0 saturated heterocycles. The quantitative estimate of drug-likeness (QED) is 0.930. The Kier molecular flexibility index (Phi) is 5.06. The van der Waals surface area contributed by atoms with E-state index in [2.05, 4.69) is 0 Å². The van der Waals surface area contributed by atoms with E-state index < -0.39 is 0 Å². The molecule has 0 atom stereocenters. The van der Waals surface area contributed by atoms with Crippen molar-refractivity contribution in [1.29, 1.82) is 0 Å². The van der Waals surface area contributed by atoms with E-state index in [1.165, 1.54) is 0 Å². The molecule has 0 radical (unpaired) electrons. The molecule has 0 aliphatic heterocycles. The van der Waals surface area contributed by atoms with E-state index in [0.717, 1.165) is 31.2 Å². The Labute approximate surface area is 125 Å². The number of aryl methyl sites for hydroxylation is 1. The number of amides is 1. The zero-order valence-electron chi connectivity index (χ0n) is 12.1. The van der Waals surface area contributed by atoms with Crippen molar-refractivity contribution < 1.29 is 9.90 Å². The maximum Gasteiger partial charge on any atom is 0.253 e. The predicted octanol–water partition coefficient (Wildman–Crippen LogP) is 3.27. The minimum absolute atomic E-state index is 0.0272. The summed E-state index contributed by atoms with van der Waals surface area (Å²) in [7, 11) is 1.86. The normalized spacial score (nSPS) is 22.6. The number of hydrogen-bond donors (Lipinski definition) is 1. The lowest BCUT2D eigenvalue weighted by Crippen LogP contribution is -2.39. The SMILES string of the molecule is Cc1ccc(C(=O)N(C)C2CCC(CO)CC2)cc1Cl. The van der Waals surface area contributed by atoms with E-state index in [-0.39, 0.29) is 18.6 Å². The van der Waals surface area contributed by atoms with Crippen LogP contribution in [-0.4, -0.2) is 35.6 Å². The lowest BCUT2D eigenvalue weighted by Gasteiger charge is -2.34. The number of aliphatic hydroxyl groups excluding tert-OH is 1. The van der Waals surface area contributed by atoms with Crippen molar-refractivity contribution in [2.75, 3.05) is 13.7 Å². The maximum absolute atomic E-state index is 12.5. The van der Waals surface area contributed by atoms with Gasteiger partial charge in [0.1, 0.15) is 0 Å². The fraction of sp³-hybridized carbons (Fsp3) is 0.562. The maximum atomic E-state index is 12.5. The van der Waals surface area contributed by atoms with Crippen molar-refractivity contribution >= 4 is 17.5 Å². The molecule has 1 amide bonds. The van der Waals surface area contributed by atoms with Gasteiger partial charge in [-0.25, -0.2) is 0 Å². The summed E-state index contributed by atoms with van der Waals surface area (Å²) < 4.78 is 0. The van der Waals surface area contributed by atoms with Crippen LogP contribution >= 0.6 is 11.6 Å². The highest BCUT2D eigenvalue weighted by Gasteiger charge is 2.26. The van der Waals surface area contributed by atoms with Crippen LogP contribution in [-0.2, 0) is 0 Å². The Bertz CT molecular complexity index is 481. The van der Waals surface area contributed by atoms with E-state index in [4.69, 9.17) is 16.7 Å². The summed E-state index contributed by atoms with van der Waals surface area (Å²) in [6, 6.07) is 5.73. The predicted molar refractivity (Wildman–Crippen MR) is 81.1 cm³/mol. The summed E-state index contributed by atoms with van der Waals surface area (Å²) in [4.78, 5) is 14.3. The second-order valence-corrected chi connectivity index (χ2v) is 6.14. The van der Waals surface area contributed by atoms with Gasteiger partial charge in [0, 0.05) is 30.3 Å². The Morgan fingerprint density at radius 1 is 1.35 bits per heavy atom. The molecular weight excluding hydrogens is 274 g/mol. The number of carbonyl (C=O) groups is 1. The topological polar surface area (TPSA) is 40.5 Å². The van der Waals surface area contributed by atoms with Crippen LogP contribution in [0.1, 0.15) is 41.6 Å². The molecule has 1 aliphatic carbocycles. The molecule has 0 unspecified atom stereocenters. The summed E-state index contributed by atoms with van der Waals surface area (Å²) in [5.74, 6) is 0.433. The van der Waals surface area contributed by atoms with Gasteiger partial charge >= 0.3 is 0 Å². The zero-order valence-corrected chi connectivity index (χ0v) is 12.9. The third kappa shape index (κ3) is 3.33. The number of halogens is 1. The van der Waals surface area contributed by atoms with Gasteiger partial charge in [0.15, 0.2) is 0 Å². The van der Waals surface area contributed by atoms with Crippen molar-refractivity contribution in [2.45, 2.75) is 38.6 Å². The monoisotopic (exact) mass is 295 g/mol. The highest BCUT2D eigenvalue weighted by Crippen LogP contribution is 2.28. The standard InChI is InChI=1S/C16H22ClNO2/c1-11-3-6-13(9-15(11)17)16(20)18(2)14-7-4-12(10-19)5-8-14/h3,6,9,12,14,19H,4-5,7-8,10H2,1-2H3. The number of carbonyl (C=O) groups excluding carboxylic acids is 1. The molecule has 1 aromatic rings. The van der Waals surface area contributed by atoms with E-state index in [1.54, 1.807) is 6.07 Å². The second kappa shape index (κ2) is 6.59. The van der Waals surface area contributed by atoms with Crippen LogP contribution in [0.25, 0.3) is 0 Å². The number of rotatable bonds is 3. The third-order valence-corrected chi connectivity index (χ3v) is 4.77. The molecule has 1 saturated carbocycles. The summed E-state index contributed by atoms with van der Waals surface area (Å²) >= 11 is 6.09. The molecule has 0 aromatic heterocycles. The third-order valence-electron chi connectivity index (χ3n) is 4.36. The summed E-state index contributed by atoms with van der Waals surface area (Å²) in [5, 5.41) is 9.80. The van der Waals surface area contributed by atoms with E-state index in [9.17, 15) is 4.79 Å². The van der Waals surface area contributed by atoms with Gasteiger partial charge in [0.2, 0.25) is 0 Å². The molecule has 0 spiro atoms. The van der Waals surface area contributed by atoms with Crippen LogP contribution < -0.4 is 0 Å². The van der Waals surface area contributed by atoms with Gasteiger partial charge in [-0.3, -0.25) is 4.79 Å². The van der Waals surface area contributed by atoms with Gasteiger partial charge in [0.25, 0.3) is 5.91 Å². The zero-order chi connectivity index (χ0) is 14.7. The van der Waals surface area contributed by atoms with Gasteiger partial charge in [-0.2, -0.15) is 0 Å². The van der Waals surface area contributed by atoms with Crippen molar-refractivity contribution in [3.63, 3.8) is 0 Å². The molecular formula is C16H22ClNO2. The van der Waals surface area contributed by atoms with Crippen LogP contribution in [0.4, 0.5) is 0 Å². The fourth-order valence-electron chi connectivity index (χ4n) is 2.81. The lowest BCUT2D eigenvalue weighted by atomic mass is 9.86. The van der Waals surface area contributed by atoms with E-state index >= 15 is 0 Å². The summed E-state index contributed by atoms with van der Waals surface area (Å²) in [6.45, 7) is 2.19. The molecule has 1 aliphatic rings. The first-order valence-corrected chi connectivity index (χ1v) is 7.55. The van der Waals surface area contributed by atoms with E-state index in [0.29, 0.717) is 16.5 Å². The van der Waals surface area contributed by atoms with Crippen LogP contribution in [0.15, 0.2) is 18.2 Å². The Morgan fingerprint density at radius 3 is 2.55 bits per heavy atom. The summed E-state index contributed by atoms with van der Waals surface area (Å²) in [6.07, 6.45) is 3.92. The molecule has 1 N–H and O–H groups in total. The van der Waals surface area contributed by atoms with Crippen LogP contribution in [0.2, 0.25) is 5.02 Å². The molecule has 2 rings (SSSR count). The van der Waals surface area contributed by atoms with Crippen LogP contribution in [0.3, 0.4) is 0 Å². The average molecular weight is 296 g/mol. The minimum atomic E-state index is 0.0272. The molecule has 20 heavy (non-hydrogen) atoms. The van der Waals surface area contributed by atoms with Crippen LogP contribution in [0, 0.1) is 12.8 Å². The Hall–Kier alpha value is -1.06. The fourth-order valence-corrected chi connectivity index (χ4v) is 2.99. The molecule has 0 heterocycles. The molecule has 4 heteroatoms. The summed E-state index contributed by atoms with van der Waals surface area (Å²) in [5.41, 5.74) is 1.63. The van der Waals surface area contributed by atoms with Gasteiger partial charge in [-0.15, -0.1) is 0 Å². The largest absolute Gasteiger partial charge is 0.396 e. The Morgan fingerprint density at radius 2 is 2.00 bits per heavy atom. The number of benzene rings is 1. The van der Waals surface area contributed by atoms with Crippen LogP contribution in [0.5, 0.6) is 0 Å². The van der Waals surface area contributed by atoms with Crippen molar-refractivity contribution in [2.24, 2.45) is 5.92 Å². The molecule has 3 nitrogen and oxygen atoms in total. The lowest BCUT2D eigenvalue weighted by molar-refractivity contribution is 0.0653. The molecule has 0 bridgehead atoms. The Balaban J connectivity index is 2.03. The van der Waals surface area contributed by atoms with Gasteiger partial charge in [-0.1, -0.05) is 17.7 Å².